The molecule has 4 rings (SSSR count). The quantitative estimate of drug-likeness (QED) is 0.511. The fourth-order valence-electron chi connectivity index (χ4n) is 3.86. The summed E-state index contributed by atoms with van der Waals surface area (Å²) in [6.45, 7) is 2.07. The highest BCUT2D eigenvalue weighted by molar-refractivity contribution is 6.09. The molecule has 0 aliphatic carbocycles. The minimum atomic E-state index is -0.653. The van der Waals surface area contributed by atoms with Crippen molar-refractivity contribution in [2.75, 3.05) is 4.90 Å². The number of carbonyl (C=O) groups excluding carboxylic acids is 1. The summed E-state index contributed by atoms with van der Waals surface area (Å²) < 4.78 is 27.7. The number of rotatable bonds is 5. The van der Waals surface area contributed by atoms with Gasteiger partial charge in [0.25, 0.3) is 5.91 Å². The molecule has 0 N–H and O–H groups in total. The number of benzene rings is 3. The van der Waals surface area contributed by atoms with Gasteiger partial charge in [0.2, 0.25) is 0 Å². The van der Waals surface area contributed by atoms with E-state index in [0.717, 1.165) is 11.6 Å². The van der Waals surface area contributed by atoms with Crippen LogP contribution in [0.25, 0.3) is 0 Å². The van der Waals surface area contributed by atoms with Gasteiger partial charge in [0.15, 0.2) is 0 Å². The second kappa shape index (κ2) is 8.00. The van der Waals surface area contributed by atoms with Crippen molar-refractivity contribution in [1.29, 1.82) is 0 Å². The van der Waals surface area contributed by atoms with Gasteiger partial charge in [0, 0.05) is 17.3 Å². The van der Waals surface area contributed by atoms with Crippen LogP contribution in [0.5, 0.6) is 0 Å². The Balaban J connectivity index is 1.71. The Hall–Kier alpha value is -3.27. The van der Waals surface area contributed by atoms with Crippen LogP contribution in [0.2, 0.25) is 0 Å². The minimum Gasteiger partial charge on any atom is -0.298 e. The first-order chi connectivity index (χ1) is 14.0. The lowest BCUT2D eigenvalue weighted by Crippen LogP contribution is -2.29. The number of anilines is 1. The normalized spacial score (nSPS) is 17.3. The van der Waals surface area contributed by atoms with E-state index in [1.165, 1.54) is 12.1 Å². The fourth-order valence-corrected chi connectivity index (χ4v) is 3.86. The summed E-state index contributed by atoms with van der Waals surface area (Å²) >= 11 is 0. The first kappa shape index (κ1) is 19.1. The van der Waals surface area contributed by atoms with Crippen molar-refractivity contribution < 1.29 is 13.6 Å². The molecule has 0 fully saturated rings. The topological polar surface area (TPSA) is 20.3 Å². The minimum absolute atomic E-state index is 0.131. The fraction of sp³-hybridized carbons (Fsp3) is 0.160. The van der Waals surface area contributed by atoms with Gasteiger partial charge in [0.05, 0.1) is 6.04 Å². The molecule has 0 radical (unpaired) electrons. The van der Waals surface area contributed by atoms with Gasteiger partial charge in [-0.15, -0.1) is 0 Å². The Morgan fingerprint density at radius 2 is 1.48 bits per heavy atom. The average molecular weight is 389 g/mol. The van der Waals surface area contributed by atoms with E-state index in [-0.39, 0.29) is 11.8 Å². The average Bonchev–Trinajstić information content (AvgIpc) is 3.05. The number of hydrogen-bond donors (Lipinski definition) is 0. The largest absolute Gasteiger partial charge is 0.298 e. The van der Waals surface area contributed by atoms with Gasteiger partial charge in [0.1, 0.15) is 11.6 Å². The van der Waals surface area contributed by atoms with E-state index in [1.54, 1.807) is 4.90 Å². The zero-order chi connectivity index (χ0) is 20.4. The number of para-hydroxylation sites is 1. The molecule has 146 valence electrons. The summed E-state index contributed by atoms with van der Waals surface area (Å²) in [7, 11) is 0. The molecule has 1 aliphatic rings. The number of halogens is 2. The van der Waals surface area contributed by atoms with Crippen LogP contribution in [0.4, 0.5) is 14.5 Å². The van der Waals surface area contributed by atoms with Gasteiger partial charge in [-0.1, -0.05) is 55.5 Å². The van der Waals surface area contributed by atoms with Gasteiger partial charge < -0.3 is 0 Å². The van der Waals surface area contributed by atoms with Gasteiger partial charge in [-0.05, 0) is 53.8 Å². The molecule has 0 bridgehead atoms. The number of hydrogen-bond acceptors (Lipinski definition) is 1. The third-order valence-electron chi connectivity index (χ3n) is 5.29. The SMILES string of the molecule is C[C@@H](CC1=C[C@@H](c2cc(F)cc(F)c2)N(c2ccccc2)C1=O)c1ccccc1. The second-order valence-corrected chi connectivity index (χ2v) is 7.37. The van der Waals surface area contributed by atoms with Crippen molar-refractivity contribution in [2.45, 2.75) is 25.3 Å². The second-order valence-electron chi connectivity index (χ2n) is 7.37. The van der Waals surface area contributed by atoms with E-state index in [0.29, 0.717) is 23.2 Å². The van der Waals surface area contributed by atoms with Crippen LogP contribution in [0, 0.1) is 11.6 Å². The number of nitrogens with zero attached hydrogens (tertiary/aromatic N) is 1. The molecule has 1 heterocycles. The van der Waals surface area contributed by atoms with Crippen LogP contribution >= 0.6 is 0 Å². The van der Waals surface area contributed by atoms with Crippen LogP contribution in [-0.4, -0.2) is 5.91 Å². The van der Waals surface area contributed by atoms with Crippen molar-refractivity contribution in [3.8, 4) is 0 Å². The highest BCUT2D eigenvalue weighted by Crippen LogP contribution is 2.39. The molecule has 0 saturated carbocycles. The molecule has 3 aromatic carbocycles. The summed E-state index contributed by atoms with van der Waals surface area (Å²) in [6, 6.07) is 22.1. The molecule has 4 heteroatoms. The highest BCUT2D eigenvalue weighted by atomic mass is 19.1. The monoisotopic (exact) mass is 389 g/mol. The van der Waals surface area contributed by atoms with Crippen LogP contribution < -0.4 is 4.90 Å². The van der Waals surface area contributed by atoms with E-state index < -0.39 is 17.7 Å². The lowest BCUT2D eigenvalue weighted by Gasteiger charge is -2.25. The van der Waals surface area contributed by atoms with Crippen molar-refractivity contribution in [2.24, 2.45) is 0 Å². The number of amides is 1. The molecule has 2 atom stereocenters. The van der Waals surface area contributed by atoms with Crippen molar-refractivity contribution in [3.05, 3.63) is 113 Å². The predicted molar refractivity (Wildman–Crippen MR) is 111 cm³/mol. The van der Waals surface area contributed by atoms with Gasteiger partial charge in [-0.2, -0.15) is 0 Å². The first-order valence-corrected chi connectivity index (χ1v) is 9.63. The summed E-state index contributed by atoms with van der Waals surface area (Å²) in [5, 5.41) is 0. The molecule has 2 nitrogen and oxygen atoms in total. The molecule has 0 aromatic heterocycles. The summed E-state index contributed by atoms with van der Waals surface area (Å²) in [6.07, 6.45) is 2.39. The molecule has 0 saturated heterocycles. The Morgan fingerprint density at radius 3 is 2.10 bits per heavy atom. The van der Waals surface area contributed by atoms with Crippen molar-refractivity contribution in [3.63, 3.8) is 0 Å². The Bertz CT molecular complexity index is 1030. The third-order valence-corrected chi connectivity index (χ3v) is 5.29. The standard InChI is InChI=1S/C25H21F2NO/c1-17(18-8-4-2-5-9-18)12-20-15-24(19-13-21(26)16-22(27)14-19)28(25(20)29)23-10-6-3-7-11-23/h2-11,13-17,24H,12H2,1H3/t17-,24-/m0/s1. The summed E-state index contributed by atoms with van der Waals surface area (Å²) in [4.78, 5) is 14.9. The van der Waals surface area contributed by atoms with Crippen LogP contribution in [0.3, 0.4) is 0 Å². The maximum absolute atomic E-state index is 13.9. The summed E-state index contributed by atoms with van der Waals surface area (Å²) in [5.74, 6) is -1.29. The maximum atomic E-state index is 13.9. The van der Waals surface area contributed by atoms with Crippen LogP contribution in [0.1, 0.15) is 36.4 Å². The lowest BCUT2D eigenvalue weighted by atomic mass is 9.93. The van der Waals surface area contributed by atoms with E-state index in [2.05, 4.69) is 6.92 Å². The van der Waals surface area contributed by atoms with E-state index >= 15 is 0 Å². The molecule has 0 spiro atoms. The molecule has 3 aromatic rings. The highest BCUT2D eigenvalue weighted by Gasteiger charge is 2.35. The molecule has 0 unspecified atom stereocenters. The van der Waals surface area contributed by atoms with E-state index in [9.17, 15) is 13.6 Å². The van der Waals surface area contributed by atoms with Crippen molar-refractivity contribution in [1.82, 2.24) is 0 Å². The van der Waals surface area contributed by atoms with Crippen LogP contribution in [0.15, 0.2) is 90.5 Å². The van der Waals surface area contributed by atoms with Gasteiger partial charge >= 0.3 is 0 Å². The Morgan fingerprint density at radius 1 is 0.897 bits per heavy atom. The van der Waals surface area contributed by atoms with E-state index in [1.807, 2.05) is 66.7 Å². The lowest BCUT2D eigenvalue weighted by molar-refractivity contribution is -0.115. The zero-order valence-electron chi connectivity index (χ0n) is 16.1. The summed E-state index contributed by atoms with van der Waals surface area (Å²) in [5.41, 5.74) is 2.92. The molecular formula is C25H21F2NO. The first-order valence-electron chi connectivity index (χ1n) is 9.63. The Kier molecular flexibility index (Phi) is 5.26. The third kappa shape index (κ3) is 3.97. The predicted octanol–water partition coefficient (Wildman–Crippen LogP) is 6.17. The zero-order valence-corrected chi connectivity index (χ0v) is 16.1. The molecular weight excluding hydrogens is 368 g/mol. The van der Waals surface area contributed by atoms with Gasteiger partial charge in [-0.25, -0.2) is 8.78 Å². The van der Waals surface area contributed by atoms with Gasteiger partial charge in [-0.3, -0.25) is 9.69 Å². The molecule has 29 heavy (non-hydrogen) atoms. The molecule has 1 amide bonds. The van der Waals surface area contributed by atoms with Crippen molar-refractivity contribution >= 4 is 11.6 Å². The maximum Gasteiger partial charge on any atom is 0.254 e. The van der Waals surface area contributed by atoms with Crippen LogP contribution in [-0.2, 0) is 4.79 Å². The van der Waals surface area contributed by atoms with E-state index in [4.69, 9.17) is 0 Å². The smallest absolute Gasteiger partial charge is 0.254 e. The molecule has 1 aliphatic heterocycles. The Labute approximate surface area is 169 Å². The number of carbonyl (C=O) groups is 1.